The predicted molar refractivity (Wildman–Crippen MR) is 97.5 cm³/mol. The standard InChI is InChI=1S/C20H41NO.ClH/c1-4-5-6-7-8-9-10-11-12-15-19(21(2)3)18-22-20-16-13-14-17-20;/h19-20H,4-18H2,1-3H3;1H/p-1. The smallest absolute Gasteiger partial charge is 0.0625 e. The molecule has 3 heteroatoms. The fourth-order valence-electron chi connectivity index (χ4n) is 3.48. The van der Waals surface area contributed by atoms with Gasteiger partial charge in [-0.2, -0.15) is 0 Å². The van der Waals surface area contributed by atoms with Crippen molar-refractivity contribution in [1.29, 1.82) is 0 Å². The largest absolute Gasteiger partial charge is 1.00 e. The molecule has 0 N–H and O–H groups in total. The van der Waals surface area contributed by atoms with Crippen molar-refractivity contribution in [2.24, 2.45) is 0 Å². The van der Waals surface area contributed by atoms with Gasteiger partial charge >= 0.3 is 0 Å². The third kappa shape index (κ3) is 12.3. The summed E-state index contributed by atoms with van der Waals surface area (Å²) in [5.74, 6) is 0. The summed E-state index contributed by atoms with van der Waals surface area (Å²) in [6.45, 7) is 3.23. The van der Waals surface area contributed by atoms with E-state index in [2.05, 4.69) is 25.9 Å². The molecular formula is C20H41ClNO-. The molecule has 0 heterocycles. The topological polar surface area (TPSA) is 12.5 Å². The van der Waals surface area contributed by atoms with Gasteiger partial charge in [0.05, 0.1) is 12.7 Å². The van der Waals surface area contributed by atoms with Crippen LogP contribution in [0.2, 0.25) is 0 Å². The molecule has 0 aromatic rings. The molecule has 1 saturated carbocycles. The highest BCUT2D eigenvalue weighted by Gasteiger charge is 2.18. The second-order valence-electron chi connectivity index (χ2n) is 7.47. The minimum atomic E-state index is 0. The van der Waals surface area contributed by atoms with Crippen LogP contribution in [-0.4, -0.2) is 37.7 Å². The summed E-state index contributed by atoms with van der Waals surface area (Å²) in [6.07, 6.45) is 19.9. The van der Waals surface area contributed by atoms with Gasteiger partial charge in [-0.15, -0.1) is 0 Å². The van der Waals surface area contributed by atoms with E-state index in [-0.39, 0.29) is 12.4 Å². The van der Waals surface area contributed by atoms with Gasteiger partial charge in [-0.3, -0.25) is 0 Å². The number of likely N-dealkylation sites (N-methyl/N-ethyl adjacent to an activating group) is 1. The molecule has 0 spiro atoms. The molecule has 0 amide bonds. The Kier molecular flexibility index (Phi) is 15.9. The Morgan fingerprint density at radius 3 is 1.91 bits per heavy atom. The lowest BCUT2D eigenvalue weighted by Crippen LogP contribution is -3.00. The zero-order chi connectivity index (χ0) is 16.0. The Morgan fingerprint density at radius 1 is 0.870 bits per heavy atom. The van der Waals surface area contributed by atoms with Gasteiger partial charge in [0, 0.05) is 6.04 Å². The van der Waals surface area contributed by atoms with Crippen LogP contribution in [0.5, 0.6) is 0 Å². The molecule has 1 atom stereocenters. The second-order valence-corrected chi connectivity index (χ2v) is 7.47. The molecule has 0 bridgehead atoms. The molecule has 1 fully saturated rings. The monoisotopic (exact) mass is 346 g/mol. The number of unbranched alkanes of at least 4 members (excludes halogenated alkanes) is 8. The number of hydrogen-bond donors (Lipinski definition) is 0. The van der Waals surface area contributed by atoms with Gasteiger partial charge in [0.15, 0.2) is 0 Å². The molecular weight excluding hydrogens is 306 g/mol. The lowest BCUT2D eigenvalue weighted by molar-refractivity contribution is -0.0000101. The summed E-state index contributed by atoms with van der Waals surface area (Å²) in [4.78, 5) is 2.36. The third-order valence-electron chi connectivity index (χ3n) is 5.20. The van der Waals surface area contributed by atoms with Crippen LogP contribution < -0.4 is 12.4 Å². The van der Waals surface area contributed by atoms with Crippen molar-refractivity contribution in [2.75, 3.05) is 20.7 Å². The minimum absolute atomic E-state index is 0. The average Bonchev–Trinajstić information content (AvgIpc) is 3.01. The molecule has 0 aromatic heterocycles. The summed E-state index contributed by atoms with van der Waals surface area (Å²) < 4.78 is 6.12. The van der Waals surface area contributed by atoms with Crippen LogP contribution in [0.3, 0.4) is 0 Å². The molecule has 1 unspecified atom stereocenters. The van der Waals surface area contributed by atoms with E-state index in [1.807, 2.05) is 0 Å². The van der Waals surface area contributed by atoms with Gasteiger partial charge in [0.1, 0.15) is 0 Å². The number of rotatable bonds is 14. The van der Waals surface area contributed by atoms with Gasteiger partial charge in [-0.05, 0) is 33.4 Å². The van der Waals surface area contributed by atoms with Gasteiger partial charge in [-0.25, -0.2) is 0 Å². The van der Waals surface area contributed by atoms with Crippen LogP contribution >= 0.6 is 0 Å². The summed E-state index contributed by atoms with van der Waals surface area (Å²) in [6, 6.07) is 0.616. The number of ether oxygens (including phenoxy) is 1. The van der Waals surface area contributed by atoms with Gasteiger partial charge in [0.25, 0.3) is 0 Å². The summed E-state index contributed by atoms with van der Waals surface area (Å²) in [5.41, 5.74) is 0. The fraction of sp³-hybridized carbons (Fsp3) is 1.00. The highest BCUT2D eigenvalue weighted by atomic mass is 35.5. The molecule has 1 aliphatic rings. The predicted octanol–water partition coefficient (Wildman–Crippen LogP) is 2.80. The first kappa shape index (κ1) is 23.2. The molecule has 23 heavy (non-hydrogen) atoms. The van der Waals surface area contributed by atoms with Crippen LogP contribution in [0.25, 0.3) is 0 Å². The van der Waals surface area contributed by atoms with Crippen molar-refractivity contribution in [3.8, 4) is 0 Å². The molecule has 1 rings (SSSR count). The SMILES string of the molecule is CCCCCCCCCCCC(COC1CCCC1)N(C)C.[Cl-]. The Morgan fingerprint density at radius 2 is 1.39 bits per heavy atom. The van der Waals surface area contributed by atoms with Crippen LogP contribution in [0.15, 0.2) is 0 Å². The Bertz CT molecular complexity index is 242. The van der Waals surface area contributed by atoms with Crippen molar-refractivity contribution in [3.63, 3.8) is 0 Å². The number of nitrogens with zero attached hydrogens (tertiary/aromatic N) is 1. The highest BCUT2D eigenvalue weighted by Crippen LogP contribution is 2.22. The molecule has 1 aliphatic carbocycles. The Labute approximate surface area is 152 Å². The number of halogens is 1. The normalized spacial score (nSPS) is 16.7. The third-order valence-corrected chi connectivity index (χ3v) is 5.20. The lowest BCUT2D eigenvalue weighted by Gasteiger charge is -2.25. The van der Waals surface area contributed by atoms with Crippen molar-refractivity contribution in [2.45, 2.75) is 109 Å². The zero-order valence-electron chi connectivity index (χ0n) is 16.0. The first-order valence-electron chi connectivity index (χ1n) is 10.0. The summed E-state index contributed by atoms with van der Waals surface area (Å²) in [7, 11) is 4.41. The first-order chi connectivity index (χ1) is 10.7. The van der Waals surface area contributed by atoms with Crippen molar-refractivity contribution in [3.05, 3.63) is 0 Å². The van der Waals surface area contributed by atoms with E-state index in [1.54, 1.807) is 0 Å². The zero-order valence-corrected chi connectivity index (χ0v) is 16.8. The van der Waals surface area contributed by atoms with E-state index in [4.69, 9.17) is 4.74 Å². The first-order valence-corrected chi connectivity index (χ1v) is 10.0. The maximum atomic E-state index is 6.12. The molecule has 0 saturated heterocycles. The van der Waals surface area contributed by atoms with E-state index in [9.17, 15) is 0 Å². The van der Waals surface area contributed by atoms with E-state index >= 15 is 0 Å². The van der Waals surface area contributed by atoms with E-state index in [0.717, 1.165) is 6.61 Å². The molecule has 0 aromatic carbocycles. The highest BCUT2D eigenvalue weighted by molar-refractivity contribution is 4.71. The van der Waals surface area contributed by atoms with Crippen molar-refractivity contribution < 1.29 is 17.1 Å². The Hall–Kier alpha value is 0.210. The average molecular weight is 347 g/mol. The van der Waals surface area contributed by atoms with Crippen LogP contribution in [0.1, 0.15) is 96.8 Å². The van der Waals surface area contributed by atoms with Crippen LogP contribution in [-0.2, 0) is 4.74 Å². The van der Waals surface area contributed by atoms with Gasteiger partial charge in [-0.1, -0.05) is 77.6 Å². The van der Waals surface area contributed by atoms with Crippen molar-refractivity contribution in [1.82, 2.24) is 4.90 Å². The lowest BCUT2D eigenvalue weighted by atomic mass is 10.0. The molecule has 2 nitrogen and oxygen atoms in total. The summed E-state index contributed by atoms with van der Waals surface area (Å²) in [5, 5.41) is 0. The quantitative estimate of drug-likeness (QED) is 0.448. The summed E-state index contributed by atoms with van der Waals surface area (Å²) >= 11 is 0. The van der Waals surface area contributed by atoms with Crippen molar-refractivity contribution >= 4 is 0 Å². The van der Waals surface area contributed by atoms with E-state index < -0.39 is 0 Å². The molecule has 0 radical (unpaired) electrons. The minimum Gasteiger partial charge on any atom is -1.00 e. The number of hydrogen-bond acceptors (Lipinski definition) is 2. The second kappa shape index (κ2) is 15.7. The molecule has 0 aliphatic heterocycles. The Balaban J connectivity index is 0.00000484. The van der Waals surface area contributed by atoms with E-state index in [1.165, 1.54) is 89.9 Å². The van der Waals surface area contributed by atoms with Gasteiger partial charge in [0.2, 0.25) is 0 Å². The maximum Gasteiger partial charge on any atom is 0.0625 e. The van der Waals surface area contributed by atoms with Crippen LogP contribution in [0.4, 0.5) is 0 Å². The maximum absolute atomic E-state index is 6.12. The van der Waals surface area contributed by atoms with Crippen LogP contribution in [0, 0.1) is 0 Å². The molecule has 140 valence electrons. The fourth-order valence-corrected chi connectivity index (χ4v) is 3.48. The van der Waals surface area contributed by atoms with Gasteiger partial charge < -0.3 is 22.0 Å². The van der Waals surface area contributed by atoms with E-state index in [0.29, 0.717) is 12.1 Å².